The molecule has 2 N–H and O–H groups in total. The summed E-state index contributed by atoms with van der Waals surface area (Å²) in [6, 6.07) is 7.79. The summed E-state index contributed by atoms with van der Waals surface area (Å²) in [6.45, 7) is 0. The highest BCUT2D eigenvalue weighted by Crippen LogP contribution is 2.40. The Bertz CT molecular complexity index is 976. The second-order valence-corrected chi connectivity index (χ2v) is 5.81. The summed E-state index contributed by atoms with van der Waals surface area (Å²) in [5.74, 6) is -6.61. The Morgan fingerprint density at radius 3 is 2.21 bits per heavy atom. The molecule has 0 saturated carbocycles. The van der Waals surface area contributed by atoms with Crippen LogP contribution in [0.25, 0.3) is 5.83 Å². The molecule has 0 aliphatic carbocycles. The van der Waals surface area contributed by atoms with E-state index in [1.165, 1.54) is 18.2 Å². The lowest BCUT2D eigenvalue weighted by Gasteiger charge is -2.14. The van der Waals surface area contributed by atoms with Gasteiger partial charge in [0.05, 0.1) is 28.9 Å². The van der Waals surface area contributed by atoms with Crippen LogP contribution in [0.4, 0.5) is 32.4 Å². The Kier molecular flexibility index (Phi) is 6.80. The van der Waals surface area contributed by atoms with Crippen LogP contribution in [0.2, 0.25) is 5.02 Å². The van der Waals surface area contributed by atoms with Gasteiger partial charge in [0.15, 0.2) is 11.6 Å². The number of carbonyl (C=O) groups is 2. The largest absolute Gasteiger partial charge is 0.494 e. The van der Waals surface area contributed by atoms with Crippen LogP contribution in [0.5, 0.6) is 5.75 Å². The minimum atomic E-state index is -5.54. The second kappa shape index (κ2) is 8.91. The van der Waals surface area contributed by atoms with E-state index >= 15 is 0 Å². The highest BCUT2D eigenvalue weighted by molar-refractivity contribution is 6.34. The third kappa shape index (κ3) is 5.23. The van der Waals surface area contributed by atoms with Gasteiger partial charge < -0.3 is 10.1 Å². The van der Waals surface area contributed by atoms with Crippen molar-refractivity contribution in [1.29, 1.82) is 0 Å². The number of allylic oxidation sites excluding steroid dienone is 1. The molecule has 0 heterocycles. The molecule has 154 valence electrons. The zero-order valence-corrected chi connectivity index (χ0v) is 15.3. The first kappa shape index (κ1) is 22.2. The van der Waals surface area contributed by atoms with Crippen molar-refractivity contribution >= 4 is 35.1 Å². The summed E-state index contributed by atoms with van der Waals surface area (Å²) >= 11 is 5.85. The molecule has 2 aromatic carbocycles. The SMILES string of the molecule is COc1c(NC(=O)NC(=O)c2ccccc2Cl)cccc1/C(F)=C(\F)C(F)(F)F. The number of rotatable bonds is 4. The Balaban J connectivity index is 2.29. The monoisotopic (exact) mass is 434 g/mol. The van der Waals surface area contributed by atoms with Crippen molar-refractivity contribution in [2.75, 3.05) is 12.4 Å². The maximum Gasteiger partial charge on any atom is 0.445 e. The van der Waals surface area contributed by atoms with Crippen molar-refractivity contribution in [2.24, 2.45) is 0 Å². The molecule has 0 aromatic heterocycles. The van der Waals surface area contributed by atoms with Crippen molar-refractivity contribution in [3.8, 4) is 5.75 Å². The Labute approximate surface area is 166 Å². The van der Waals surface area contributed by atoms with Crippen LogP contribution in [0.1, 0.15) is 15.9 Å². The van der Waals surface area contributed by atoms with Crippen molar-refractivity contribution < 1.29 is 36.3 Å². The molecule has 0 fully saturated rings. The number of hydrogen-bond donors (Lipinski definition) is 2. The van der Waals surface area contributed by atoms with Crippen LogP contribution in [0.15, 0.2) is 48.3 Å². The van der Waals surface area contributed by atoms with Gasteiger partial charge in [0, 0.05) is 0 Å². The number of methoxy groups -OCH3 is 1. The second-order valence-electron chi connectivity index (χ2n) is 5.40. The first-order chi connectivity index (χ1) is 13.6. The van der Waals surface area contributed by atoms with Gasteiger partial charge in [0.2, 0.25) is 5.83 Å². The number of hydrogen-bond acceptors (Lipinski definition) is 3. The number of benzene rings is 2. The van der Waals surface area contributed by atoms with Gasteiger partial charge in [-0.3, -0.25) is 10.1 Å². The molecule has 0 radical (unpaired) electrons. The summed E-state index contributed by atoms with van der Waals surface area (Å²) in [7, 11) is 0.982. The lowest BCUT2D eigenvalue weighted by atomic mass is 10.1. The van der Waals surface area contributed by atoms with Crippen LogP contribution in [0, 0.1) is 0 Å². The van der Waals surface area contributed by atoms with Gasteiger partial charge >= 0.3 is 12.2 Å². The van der Waals surface area contributed by atoms with E-state index in [2.05, 4.69) is 5.32 Å². The molecule has 11 heteroatoms. The molecular weight excluding hydrogens is 423 g/mol. The molecular formula is C18H12ClF5N2O3. The standard InChI is InChI=1S/C18H12ClF5N2O3/c1-29-14-10(13(20)15(21)18(22,23)24)6-4-8-12(14)25-17(28)26-16(27)9-5-2-3-7-11(9)19/h2-8H,1H3,(H2,25,26,27,28)/b15-13+. The molecule has 0 saturated heterocycles. The number of amides is 3. The van der Waals surface area contributed by atoms with E-state index in [-0.39, 0.29) is 16.3 Å². The topological polar surface area (TPSA) is 67.4 Å². The van der Waals surface area contributed by atoms with E-state index in [0.29, 0.717) is 0 Å². The molecule has 0 spiro atoms. The summed E-state index contributed by atoms with van der Waals surface area (Å²) in [5, 5.41) is 4.14. The first-order valence-corrected chi connectivity index (χ1v) is 8.10. The highest BCUT2D eigenvalue weighted by Gasteiger charge is 2.39. The van der Waals surface area contributed by atoms with Gasteiger partial charge in [-0.15, -0.1) is 0 Å². The van der Waals surface area contributed by atoms with Crippen LogP contribution < -0.4 is 15.4 Å². The van der Waals surface area contributed by atoms with E-state index in [4.69, 9.17) is 16.3 Å². The fourth-order valence-corrected chi connectivity index (χ4v) is 2.46. The molecule has 2 aromatic rings. The van der Waals surface area contributed by atoms with Crippen molar-refractivity contribution in [2.45, 2.75) is 6.18 Å². The highest BCUT2D eigenvalue weighted by atomic mass is 35.5. The lowest BCUT2D eigenvalue weighted by molar-refractivity contribution is -0.108. The maximum atomic E-state index is 14.0. The minimum Gasteiger partial charge on any atom is -0.494 e. The molecule has 3 amide bonds. The van der Waals surface area contributed by atoms with Gasteiger partial charge in [-0.25, -0.2) is 9.18 Å². The number of halogens is 6. The lowest BCUT2D eigenvalue weighted by Crippen LogP contribution is -2.34. The molecule has 0 aliphatic rings. The molecule has 0 bridgehead atoms. The Morgan fingerprint density at radius 1 is 1.00 bits per heavy atom. The third-order valence-electron chi connectivity index (χ3n) is 3.49. The maximum absolute atomic E-state index is 14.0. The normalized spacial score (nSPS) is 12.1. The van der Waals surface area contributed by atoms with Gasteiger partial charge in [0.25, 0.3) is 5.91 Å². The van der Waals surface area contributed by atoms with E-state index in [1.807, 2.05) is 5.32 Å². The van der Waals surface area contributed by atoms with Gasteiger partial charge in [-0.2, -0.15) is 17.6 Å². The van der Waals surface area contributed by atoms with E-state index in [0.717, 1.165) is 25.3 Å². The van der Waals surface area contributed by atoms with Crippen molar-refractivity contribution in [3.05, 3.63) is 64.4 Å². The third-order valence-corrected chi connectivity index (χ3v) is 3.82. The molecule has 2 rings (SSSR count). The molecule has 5 nitrogen and oxygen atoms in total. The van der Waals surface area contributed by atoms with Crippen LogP contribution in [-0.2, 0) is 0 Å². The van der Waals surface area contributed by atoms with Gasteiger partial charge in [0.1, 0.15) is 0 Å². The van der Waals surface area contributed by atoms with Gasteiger partial charge in [-0.05, 0) is 24.3 Å². The van der Waals surface area contributed by atoms with Gasteiger partial charge in [-0.1, -0.05) is 29.8 Å². The van der Waals surface area contributed by atoms with Crippen LogP contribution in [0.3, 0.4) is 0 Å². The first-order valence-electron chi connectivity index (χ1n) is 7.73. The average molecular weight is 435 g/mol. The Hall–Kier alpha value is -3.14. The molecule has 29 heavy (non-hydrogen) atoms. The summed E-state index contributed by atoms with van der Waals surface area (Å²) in [6.07, 6.45) is -5.54. The summed E-state index contributed by atoms with van der Waals surface area (Å²) in [5.41, 5.74) is -1.19. The minimum absolute atomic E-state index is 0.00809. The smallest absolute Gasteiger partial charge is 0.445 e. The Morgan fingerprint density at radius 2 is 1.62 bits per heavy atom. The summed E-state index contributed by atoms with van der Waals surface area (Å²) < 4.78 is 69.3. The number of alkyl halides is 3. The quantitative estimate of drug-likeness (QED) is 0.626. The van der Waals surface area contributed by atoms with Crippen LogP contribution >= 0.6 is 11.6 Å². The fourth-order valence-electron chi connectivity index (χ4n) is 2.24. The van der Waals surface area contributed by atoms with Crippen molar-refractivity contribution in [1.82, 2.24) is 5.32 Å². The predicted octanol–water partition coefficient (Wildman–Crippen LogP) is 5.48. The predicted molar refractivity (Wildman–Crippen MR) is 96.1 cm³/mol. The molecule has 0 unspecified atom stereocenters. The zero-order valence-electron chi connectivity index (χ0n) is 14.5. The van der Waals surface area contributed by atoms with E-state index in [1.54, 1.807) is 6.07 Å². The zero-order chi connectivity index (χ0) is 21.8. The van der Waals surface area contributed by atoms with Crippen molar-refractivity contribution in [3.63, 3.8) is 0 Å². The summed E-state index contributed by atoms with van der Waals surface area (Å²) in [4.78, 5) is 24.1. The number of anilines is 1. The van der Waals surface area contributed by atoms with E-state index < -0.39 is 41.1 Å². The van der Waals surface area contributed by atoms with E-state index in [9.17, 15) is 31.5 Å². The fraction of sp³-hybridized carbons (Fsp3) is 0.111. The molecule has 0 aliphatic heterocycles. The number of para-hydroxylation sites is 1. The van der Waals surface area contributed by atoms with Crippen LogP contribution in [-0.4, -0.2) is 25.2 Å². The number of ether oxygens (including phenoxy) is 1. The number of imide groups is 1. The average Bonchev–Trinajstić information content (AvgIpc) is 2.66. The molecule has 0 atom stereocenters. The number of carbonyl (C=O) groups excluding carboxylic acids is 2. The number of urea groups is 1. The number of nitrogens with one attached hydrogen (secondary N) is 2.